The van der Waals surface area contributed by atoms with Crippen LogP contribution in [0.2, 0.25) is 0 Å². The van der Waals surface area contributed by atoms with Crippen molar-refractivity contribution in [1.29, 1.82) is 0 Å². The fraction of sp³-hybridized carbons (Fsp3) is 0.478. The minimum absolute atomic E-state index is 0.0770. The summed E-state index contributed by atoms with van der Waals surface area (Å²) in [5, 5.41) is 13.8. The molecule has 2 aromatic rings. The van der Waals surface area contributed by atoms with Gasteiger partial charge in [0.15, 0.2) is 0 Å². The maximum Gasteiger partial charge on any atom is 0.331 e. The summed E-state index contributed by atoms with van der Waals surface area (Å²) in [6.45, 7) is 4.08. The fourth-order valence-corrected chi connectivity index (χ4v) is 6.14. The van der Waals surface area contributed by atoms with Crippen molar-refractivity contribution < 1.29 is 18.3 Å². The number of carbonyl (C=O) groups is 1. The molecule has 1 aromatic heterocycles. The lowest BCUT2D eigenvalue weighted by Gasteiger charge is -2.32. The summed E-state index contributed by atoms with van der Waals surface area (Å²) in [5.74, 6) is -0.981. The quantitative estimate of drug-likeness (QED) is 0.715. The van der Waals surface area contributed by atoms with Crippen LogP contribution in [0.15, 0.2) is 53.2 Å². The van der Waals surface area contributed by atoms with E-state index in [4.69, 9.17) is 0 Å². The molecule has 2 aliphatic rings. The van der Waals surface area contributed by atoms with Gasteiger partial charge >= 0.3 is 5.97 Å². The zero-order valence-electron chi connectivity index (χ0n) is 18.5. The average Bonchev–Trinajstić information content (AvgIpc) is 3.29. The third-order valence-electron chi connectivity index (χ3n) is 6.58. The Hall–Kier alpha value is -2.49. The lowest BCUT2D eigenvalue weighted by molar-refractivity contribution is -0.133. The van der Waals surface area contributed by atoms with Crippen LogP contribution in [0.25, 0.3) is 11.1 Å². The predicted octanol–water partition coefficient (Wildman–Crippen LogP) is 3.00. The molecule has 4 rings (SSSR count). The number of nitrogens with zero attached hydrogens (tertiary/aromatic N) is 4. The number of piperidine rings is 1. The van der Waals surface area contributed by atoms with Gasteiger partial charge in [-0.1, -0.05) is 25.1 Å². The van der Waals surface area contributed by atoms with Crippen molar-refractivity contribution in [3.8, 4) is 11.1 Å². The van der Waals surface area contributed by atoms with E-state index in [1.807, 2.05) is 36.1 Å². The number of hydrogen-bond donors (Lipinski definition) is 1. The highest BCUT2D eigenvalue weighted by Crippen LogP contribution is 2.29. The monoisotopic (exact) mass is 458 g/mol. The van der Waals surface area contributed by atoms with Crippen molar-refractivity contribution in [2.75, 3.05) is 26.7 Å². The molecule has 0 aliphatic carbocycles. The van der Waals surface area contributed by atoms with Crippen LogP contribution in [-0.4, -0.2) is 71.2 Å². The molecule has 0 amide bonds. The van der Waals surface area contributed by atoms with E-state index in [1.54, 1.807) is 12.1 Å². The van der Waals surface area contributed by atoms with Crippen LogP contribution in [0.5, 0.6) is 0 Å². The van der Waals surface area contributed by atoms with Crippen molar-refractivity contribution in [3.05, 3.63) is 48.3 Å². The Morgan fingerprint density at radius 1 is 1.16 bits per heavy atom. The first-order valence-electron chi connectivity index (χ1n) is 11.1. The molecule has 1 aromatic carbocycles. The Kier molecular flexibility index (Phi) is 6.50. The first-order valence-corrected chi connectivity index (χ1v) is 12.5. The molecule has 0 radical (unpaired) electrons. The first-order chi connectivity index (χ1) is 15.3. The Morgan fingerprint density at radius 2 is 1.84 bits per heavy atom. The van der Waals surface area contributed by atoms with Crippen molar-refractivity contribution in [3.63, 3.8) is 0 Å². The number of rotatable bonds is 6. The van der Waals surface area contributed by atoms with Gasteiger partial charge in [-0.15, -0.1) is 0 Å². The number of aromatic nitrogens is 2. The van der Waals surface area contributed by atoms with Gasteiger partial charge in [0, 0.05) is 29.9 Å². The summed E-state index contributed by atoms with van der Waals surface area (Å²) in [4.78, 5) is 13.8. The number of carboxylic acid groups (broad SMARTS) is 1. The molecular formula is C23H30N4O4S. The SMILES string of the molecule is CCC1CC(C(=O)O)=CCN1S(=O)(=O)c1ccc(-c2cnn(C3CCN(C)CC3)c2)cc1. The topological polar surface area (TPSA) is 95.7 Å². The van der Waals surface area contributed by atoms with E-state index in [0.717, 1.165) is 37.1 Å². The predicted molar refractivity (Wildman–Crippen MR) is 122 cm³/mol. The van der Waals surface area contributed by atoms with E-state index in [0.29, 0.717) is 12.5 Å². The van der Waals surface area contributed by atoms with Crippen LogP contribution in [0.4, 0.5) is 0 Å². The van der Waals surface area contributed by atoms with Gasteiger partial charge in [-0.25, -0.2) is 13.2 Å². The third-order valence-corrected chi connectivity index (χ3v) is 8.52. The number of likely N-dealkylation sites (tertiary alicyclic amines) is 1. The van der Waals surface area contributed by atoms with E-state index >= 15 is 0 Å². The Bertz CT molecular complexity index is 1100. The van der Waals surface area contributed by atoms with Crippen LogP contribution in [0, 0.1) is 0 Å². The van der Waals surface area contributed by atoms with Gasteiger partial charge in [0.1, 0.15) is 0 Å². The highest BCUT2D eigenvalue weighted by molar-refractivity contribution is 7.89. The molecule has 8 nitrogen and oxygen atoms in total. The molecule has 1 fully saturated rings. The number of carboxylic acids is 1. The van der Waals surface area contributed by atoms with E-state index in [9.17, 15) is 18.3 Å². The third kappa shape index (κ3) is 4.51. The largest absolute Gasteiger partial charge is 0.478 e. The molecule has 0 spiro atoms. The molecule has 1 saturated heterocycles. The molecule has 172 valence electrons. The lowest BCUT2D eigenvalue weighted by Crippen LogP contribution is -2.43. The summed E-state index contributed by atoms with van der Waals surface area (Å²) in [6.07, 6.45) is 8.28. The van der Waals surface area contributed by atoms with Gasteiger partial charge in [-0.05, 0) is 63.5 Å². The standard InChI is InChI=1S/C23H30N4O4S/c1-3-20-14-18(23(28)29)8-13-27(20)32(30,31)22-6-4-17(5-7-22)19-15-24-26(16-19)21-9-11-25(2)12-10-21/h4-8,15-16,20-21H,3,9-14H2,1-2H3,(H,28,29). The van der Waals surface area contributed by atoms with Crippen LogP contribution in [0.3, 0.4) is 0 Å². The molecule has 0 bridgehead atoms. The van der Waals surface area contributed by atoms with Crippen LogP contribution in [0.1, 0.15) is 38.6 Å². The second kappa shape index (κ2) is 9.17. The van der Waals surface area contributed by atoms with Gasteiger partial charge in [0.2, 0.25) is 10.0 Å². The van der Waals surface area contributed by atoms with Crippen LogP contribution >= 0.6 is 0 Å². The maximum absolute atomic E-state index is 13.2. The van der Waals surface area contributed by atoms with E-state index in [-0.39, 0.29) is 29.5 Å². The normalized spacial score (nSPS) is 21.4. The Labute approximate surface area is 189 Å². The fourth-order valence-electron chi connectivity index (χ4n) is 4.51. The van der Waals surface area contributed by atoms with Gasteiger partial charge < -0.3 is 10.0 Å². The second-order valence-electron chi connectivity index (χ2n) is 8.64. The van der Waals surface area contributed by atoms with Crippen LogP contribution < -0.4 is 0 Å². The number of benzene rings is 1. The Balaban J connectivity index is 1.52. The molecule has 1 unspecified atom stereocenters. The minimum atomic E-state index is -3.72. The second-order valence-corrected chi connectivity index (χ2v) is 10.5. The molecule has 1 N–H and O–H groups in total. The number of aliphatic carboxylic acids is 1. The minimum Gasteiger partial charge on any atom is -0.478 e. The Morgan fingerprint density at radius 3 is 2.47 bits per heavy atom. The lowest BCUT2D eigenvalue weighted by atomic mass is 10.0. The van der Waals surface area contributed by atoms with Gasteiger partial charge in [0.25, 0.3) is 0 Å². The van der Waals surface area contributed by atoms with E-state index in [2.05, 4.69) is 17.0 Å². The van der Waals surface area contributed by atoms with Crippen molar-refractivity contribution in [1.82, 2.24) is 19.0 Å². The van der Waals surface area contributed by atoms with Crippen molar-refractivity contribution >= 4 is 16.0 Å². The molecule has 0 saturated carbocycles. The number of sulfonamides is 1. The molecule has 2 aliphatic heterocycles. The first kappa shape index (κ1) is 22.7. The van der Waals surface area contributed by atoms with Crippen molar-refractivity contribution in [2.24, 2.45) is 0 Å². The molecule has 9 heteroatoms. The summed E-state index contributed by atoms with van der Waals surface area (Å²) in [7, 11) is -1.58. The maximum atomic E-state index is 13.2. The van der Waals surface area contributed by atoms with E-state index < -0.39 is 16.0 Å². The average molecular weight is 459 g/mol. The highest BCUT2D eigenvalue weighted by Gasteiger charge is 2.34. The molecule has 32 heavy (non-hydrogen) atoms. The molecule has 3 heterocycles. The van der Waals surface area contributed by atoms with Gasteiger partial charge in [-0.3, -0.25) is 4.68 Å². The van der Waals surface area contributed by atoms with Gasteiger partial charge in [0.05, 0.1) is 17.1 Å². The smallest absolute Gasteiger partial charge is 0.331 e. The van der Waals surface area contributed by atoms with Gasteiger partial charge in [-0.2, -0.15) is 9.40 Å². The highest BCUT2D eigenvalue weighted by atomic mass is 32.2. The van der Waals surface area contributed by atoms with Crippen molar-refractivity contribution in [2.45, 2.75) is 49.6 Å². The number of hydrogen-bond acceptors (Lipinski definition) is 5. The summed E-state index contributed by atoms with van der Waals surface area (Å²) in [6, 6.07) is 6.91. The molecular weight excluding hydrogens is 428 g/mol. The summed E-state index contributed by atoms with van der Waals surface area (Å²) in [5.41, 5.74) is 2.16. The van der Waals surface area contributed by atoms with E-state index in [1.165, 1.54) is 10.4 Å². The zero-order chi connectivity index (χ0) is 22.9. The summed E-state index contributed by atoms with van der Waals surface area (Å²) < 4.78 is 29.9. The van der Waals surface area contributed by atoms with Crippen LogP contribution in [-0.2, 0) is 14.8 Å². The zero-order valence-corrected chi connectivity index (χ0v) is 19.3. The summed E-state index contributed by atoms with van der Waals surface area (Å²) >= 11 is 0. The molecule has 1 atom stereocenters.